The largest absolute Gasteiger partial charge is 0.399 e. The van der Waals surface area contributed by atoms with Gasteiger partial charge in [0.05, 0.1) is 11.3 Å². The monoisotopic (exact) mass is 290 g/mol. The van der Waals surface area contributed by atoms with E-state index in [2.05, 4.69) is 22.2 Å². The van der Waals surface area contributed by atoms with Crippen LogP contribution in [0.25, 0.3) is 0 Å². The summed E-state index contributed by atoms with van der Waals surface area (Å²) >= 11 is 0. The van der Waals surface area contributed by atoms with Crippen LogP contribution in [0.15, 0.2) is 18.2 Å². The van der Waals surface area contributed by atoms with Crippen LogP contribution in [0, 0.1) is 0 Å². The van der Waals surface area contributed by atoms with Crippen LogP contribution in [0.5, 0.6) is 0 Å². The second kappa shape index (κ2) is 6.80. The van der Waals surface area contributed by atoms with Gasteiger partial charge in [-0.25, -0.2) is 0 Å². The van der Waals surface area contributed by atoms with Crippen molar-refractivity contribution in [2.24, 2.45) is 0 Å². The lowest BCUT2D eigenvalue weighted by molar-refractivity contribution is 0.0956. The number of nitrogens with one attached hydrogen (secondary N) is 1. The summed E-state index contributed by atoms with van der Waals surface area (Å²) in [6.07, 6.45) is 2.45. The normalized spacial score (nSPS) is 18.7. The minimum absolute atomic E-state index is 0.0425. The summed E-state index contributed by atoms with van der Waals surface area (Å²) in [6.45, 7) is 4.61. The molecule has 21 heavy (non-hydrogen) atoms. The van der Waals surface area contributed by atoms with Gasteiger partial charge in [-0.1, -0.05) is 0 Å². The van der Waals surface area contributed by atoms with E-state index in [4.69, 9.17) is 5.73 Å². The third-order valence-electron chi connectivity index (χ3n) is 4.17. The van der Waals surface area contributed by atoms with Gasteiger partial charge in [-0.15, -0.1) is 0 Å². The maximum Gasteiger partial charge on any atom is 0.253 e. The Morgan fingerprint density at radius 3 is 2.90 bits per heavy atom. The summed E-state index contributed by atoms with van der Waals surface area (Å²) in [5, 5.41) is 2.86. The first-order chi connectivity index (χ1) is 10.0. The Kier molecular flexibility index (Phi) is 5.07. The standard InChI is InChI=1S/C16H26N4O/c1-4-18-16(21)14-8-7-12(17)10-15(14)20(3)11-13-6-5-9-19(13)2/h7-8,10,13H,4-6,9,11,17H2,1-3H3,(H,18,21). The van der Waals surface area contributed by atoms with Gasteiger partial charge in [0.15, 0.2) is 0 Å². The zero-order valence-electron chi connectivity index (χ0n) is 13.2. The SMILES string of the molecule is CCNC(=O)c1ccc(N)cc1N(C)CC1CCCN1C. The lowest BCUT2D eigenvalue weighted by Gasteiger charge is -2.28. The number of likely N-dealkylation sites (tertiary alicyclic amines) is 1. The van der Waals surface area contributed by atoms with E-state index in [1.54, 1.807) is 6.07 Å². The number of nitrogen functional groups attached to an aromatic ring is 1. The van der Waals surface area contributed by atoms with E-state index in [1.165, 1.54) is 12.8 Å². The molecule has 1 aromatic carbocycles. The van der Waals surface area contributed by atoms with Crippen molar-refractivity contribution >= 4 is 17.3 Å². The molecule has 0 spiro atoms. The van der Waals surface area contributed by atoms with Gasteiger partial charge in [-0.05, 0) is 51.6 Å². The Balaban J connectivity index is 2.20. The summed E-state index contributed by atoms with van der Waals surface area (Å²) in [6, 6.07) is 6.02. The summed E-state index contributed by atoms with van der Waals surface area (Å²) in [5.41, 5.74) is 8.18. The maximum absolute atomic E-state index is 12.2. The second-order valence-corrected chi connectivity index (χ2v) is 5.79. The molecule has 0 bridgehead atoms. The molecule has 5 nitrogen and oxygen atoms in total. The fourth-order valence-electron chi connectivity index (χ4n) is 2.94. The molecule has 3 N–H and O–H groups in total. The van der Waals surface area contributed by atoms with Crippen molar-refractivity contribution < 1.29 is 4.79 Å². The Bertz CT molecular complexity index is 503. The van der Waals surface area contributed by atoms with Crippen molar-refractivity contribution in [3.8, 4) is 0 Å². The molecule has 1 amide bonds. The lowest BCUT2D eigenvalue weighted by atomic mass is 10.1. The Morgan fingerprint density at radius 2 is 2.29 bits per heavy atom. The molecule has 5 heteroatoms. The highest BCUT2D eigenvalue weighted by molar-refractivity contribution is 6.00. The summed E-state index contributed by atoms with van der Waals surface area (Å²) in [4.78, 5) is 16.7. The molecule has 1 fully saturated rings. The van der Waals surface area contributed by atoms with E-state index in [0.29, 0.717) is 23.8 Å². The van der Waals surface area contributed by atoms with E-state index >= 15 is 0 Å². The number of hydrogen-bond donors (Lipinski definition) is 2. The molecule has 1 aliphatic heterocycles. The molecule has 2 rings (SSSR count). The molecule has 1 saturated heterocycles. The van der Waals surface area contributed by atoms with Gasteiger partial charge >= 0.3 is 0 Å². The summed E-state index contributed by atoms with van der Waals surface area (Å²) < 4.78 is 0. The number of amides is 1. The van der Waals surface area contributed by atoms with Gasteiger partial charge in [0, 0.05) is 31.9 Å². The third-order valence-corrected chi connectivity index (χ3v) is 4.17. The zero-order chi connectivity index (χ0) is 15.4. The van der Waals surface area contributed by atoms with Crippen molar-refractivity contribution in [1.82, 2.24) is 10.2 Å². The predicted octanol–water partition coefficient (Wildman–Crippen LogP) is 1.55. The fourth-order valence-corrected chi connectivity index (χ4v) is 2.94. The number of nitrogens with two attached hydrogens (primary N) is 1. The molecular formula is C16H26N4O. The minimum atomic E-state index is -0.0425. The van der Waals surface area contributed by atoms with Crippen molar-refractivity contribution in [3.05, 3.63) is 23.8 Å². The molecule has 0 aromatic heterocycles. The van der Waals surface area contributed by atoms with Gasteiger partial charge in [0.25, 0.3) is 5.91 Å². The van der Waals surface area contributed by atoms with Crippen molar-refractivity contribution in [2.45, 2.75) is 25.8 Å². The van der Waals surface area contributed by atoms with Crippen LogP contribution in [-0.2, 0) is 0 Å². The van der Waals surface area contributed by atoms with Crippen molar-refractivity contribution in [1.29, 1.82) is 0 Å². The molecule has 0 saturated carbocycles. The van der Waals surface area contributed by atoms with Crippen LogP contribution in [0.4, 0.5) is 11.4 Å². The van der Waals surface area contributed by atoms with Crippen molar-refractivity contribution in [2.75, 3.05) is 44.4 Å². The van der Waals surface area contributed by atoms with E-state index in [9.17, 15) is 4.79 Å². The molecule has 0 aliphatic carbocycles. The average molecular weight is 290 g/mol. The molecule has 0 radical (unpaired) electrons. The van der Waals surface area contributed by atoms with E-state index in [1.807, 2.05) is 26.1 Å². The number of benzene rings is 1. The Hall–Kier alpha value is -1.75. The molecule has 1 atom stereocenters. The quantitative estimate of drug-likeness (QED) is 0.808. The van der Waals surface area contributed by atoms with Crippen LogP contribution in [0.1, 0.15) is 30.1 Å². The highest BCUT2D eigenvalue weighted by atomic mass is 16.1. The first-order valence-corrected chi connectivity index (χ1v) is 7.62. The topological polar surface area (TPSA) is 61.6 Å². The number of hydrogen-bond acceptors (Lipinski definition) is 4. The molecule has 1 aliphatic rings. The highest BCUT2D eigenvalue weighted by Crippen LogP contribution is 2.25. The molecular weight excluding hydrogens is 264 g/mol. The number of carbonyl (C=O) groups is 1. The van der Waals surface area contributed by atoms with Crippen molar-refractivity contribution in [3.63, 3.8) is 0 Å². The van der Waals surface area contributed by atoms with Crippen LogP contribution < -0.4 is 16.0 Å². The Labute approximate surface area is 127 Å². The first kappa shape index (κ1) is 15.6. The third kappa shape index (κ3) is 3.67. The van der Waals surface area contributed by atoms with E-state index in [0.717, 1.165) is 18.8 Å². The van der Waals surface area contributed by atoms with Crippen LogP contribution in [0.2, 0.25) is 0 Å². The molecule has 1 heterocycles. The second-order valence-electron chi connectivity index (χ2n) is 5.79. The van der Waals surface area contributed by atoms with Gasteiger partial charge in [0.2, 0.25) is 0 Å². The predicted molar refractivity (Wildman–Crippen MR) is 87.8 cm³/mol. The van der Waals surface area contributed by atoms with Gasteiger partial charge < -0.3 is 20.9 Å². The summed E-state index contributed by atoms with van der Waals surface area (Å²) in [7, 11) is 4.19. The zero-order valence-corrected chi connectivity index (χ0v) is 13.2. The number of rotatable bonds is 5. The maximum atomic E-state index is 12.2. The fraction of sp³-hybridized carbons (Fsp3) is 0.562. The molecule has 116 valence electrons. The lowest BCUT2D eigenvalue weighted by Crippen LogP contribution is -2.37. The number of carbonyl (C=O) groups excluding carboxylic acids is 1. The summed E-state index contributed by atoms with van der Waals surface area (Å²) in [5.74, 6) is -0.0425. The molecule has 1 unspecified atom stereocenters. The average Bonchev–Trinajstić information content (AvgIpc) is 2.84. The highest BCUT2D eigenvalue weighted by Gasteiger charge is 2.23. The van der Waals surface area contributed by atoms with Crippen LogP contribution >= 0.6 is 0 Å². The Morgan fingerprint density at radius 1 is 1.52 bits per heavy atom. The van der Waals surface area contributed by atoms with Crippen LogP contribution in [-0.4, -0.2) is 50.6 Å². The van der Waals surface area contributed by atoms with Gasteiger partial charge in [-0.2, -0.15) is 0 Å². The van der Waals surface area contributed by atoms with Gasteiger partial charge in [-0.3, -0.25) is 4.79 Å². The first-order valence-electron chi connectivity index (χ1n) is 7.62. The van der Waals surface area contributed by atoms with E-state index in [-0.39, 0.29) is 5.91 Å². The number of likely N-dealkylation sites (N-methyl/N-ethyl adjacent to an activating group) is 2. The smallest absolute Gasteiger partial charge is 0.253 e. The van der Waals surface area contributed by atoms with Gasteiger partial charge in [0.1, 0.15) is 0 Å². The minimum Gasteiger partial charge on any atom is -0.399 e. The van der Waals surface area contributed by atoms with E-state index < -0.39 is 0 Å². The molecule has 1 aromatic rings. The number of anilines is 2. The number of nitrogens with zero attached hydrogens (tertiary/aromatic N) is 2. The van der Waals surface area contributed by atoms with Crippen LogP contribution in [0.3, 0.4) is 0 Å².